The predicted molar refractivity (Wildman–Crippen MR) is 144 cm³/mol. The van der Waals surface area contributed by atoms with Crippen molar-refractivity contribution >= 4 is 46.0 Å². The molecule has 2 aliphatic heterocycles. The number of hydrogen-bond donors (Lipinski definition) is 2. The van der Waals surface area contributed by atoms with Gasteiger partial charge in [0.05, 0.1) is 23.3 Å². The van der Waals surface area contributed by atoms with Gasteiger partial charge in [-0.05, 0) is 71.2 Å². The van der Waals surface area contributed by atoms with E-state index in [4.69, 9.17) is 21.6 Å². The Morgan fingerprint density at radius 2 is 2.05 bits per heavy atom. The van der Waals surface area contributed by atoms with Crippen LogP contribution in [0.25, 0.3) is 11.0 Å². The van der Waals surface area contributed by atoms with Crippen LogP contribution in [-0.2, 0) is 11.3 Å². The summed E-state index contributed by atoms with van der Waals surface area (Å²) in [6, 6.07) is 4.75. The van der Waals surface area contributed by atoms with Crippen LogP contribution < -0.4 is 15.5 Å². The zero-order valence-corrected chi connectivity index (χ0v) is 22.3. The number of rotatable bonds is 7. The number of nitrogens with zero attached hydrogens (tertiary/aromatic N) is 6. The number of anilines is 3. The Bertz CT molecular complexity index is 1270. The molecule has 11 heteroatoms. The Hall–Kier alpha value is -2.98. The molecule has 1 amide bonds. The molecule has 2 saturated heterocycles. The fourth-order valence-corrected chi connectivity index (χ4v) is 5.56. The lowest BCUT2D eigenvalue weighted by Crippen LogP contribution is -2.54. The second-order valence-corrected chi connectivity index (χ2v) is 10.5. The quantitative estimate of drug-likeness (QED) is 0.471. The molecule has 3 aromatic rings. The number of aromatic nitrogens is 4. The number of aryl methyl sites for hydroxylation is 1. The minimum Gasteiger partial charge on any atom is -0.341 e. The maximum Gasteiger partial charge on any atom is 0.240 e. The number of carbonyl (C=O) groups excluding carboxylic acids is 1. The maximum atomic E-state index is 14.6. The van der Waals surface area contributed by atoms with E-state index in [2.05, 4.69) is 39.4 Å². The first-order valence-corrected chi connectivity index (χ1v) is 13.5. The van der Waals surface area contributed by atoms with E-state index in [1.165, 1.54) is 6.07 Å². The maximum absolute atomic E-state index is 14.6. The molecule has 2 fully saturated rings. The van der Waals surface area contributed by atoms with E-state index in [-0.39, 0.29) is 29.7 Å². The van der Waals surface area contributed by atoms with Crippen LogP contribution in [0.1, 0.15) is 46.5 Å². The highest BCUT2D eigenvalue weighted by atomic mass is 35.5. The number of carbonyl (C=O) groups is 1. The van der Waals surface area contributed by atoms with E-state index in [1.807, 2.05) is 11.6 Å². The number of halogens is 2. The number of nitrogens with one attached hydrogen (secondary N) is 2. The van der Waals surface area contributed by atoms with Gasteiger partial charge in [0.25, 0.3) is 0 Å². The van der Waals surface area contributed by atoms with Gasteiger partial charge in [-0.25, -0.2) is 9.07 Å². The van der Waals surface area contributed by atoms with E-state index in [1.54, 1.807) is 18.3 Å². The summed E-state index contributed by atoms with van der Waals surface area (Å²) in [6.45, 7) is 9.19. The van der Waals surface area contributed by atoms with Crippen molar-refractivity contribution in [3.63, 3.8) is 0 Å². The molecule has 9 nitrogen and oxygen atoms in total. The summed E-state index contributed by atoms with van der Waals surface area (Å²) in [5, 5.41) is 12.0. The lowest BCUT2D eigenvalue weighted by Gasteiger charge is -2.41. The molecular weight excluding hydrogens is 495 g/mol. The highest BCUT2D eigenvalue weighted by molar-refractivity contribution is 6.30. The molecule has 2 N–H and O–H groups in total. The number of benzene rings is 1. The number of amides is 1. The van der Waals surface area contributed by atoms with E-state index in [0.717, 1.165) is 50.7 Å². The largest absolute Gasteiger partial charge is 0.341 e. The topological polar surface area (TPSA) is 91.2 Å². The second kappa shape index (κ2) is 10.8. The van der Waals surface area contributed by atoms with Crippen molar-refractivity contribution in [1.82, 2.24) is 30.0 Å². The molecule has 4 heterocycles. The van der Waals surface area contributed by atoms with Gasteiger partial charge in [0.2, 0.25) is 11.9 Å². The molecule has 1 atom stereocenters. The fourth-order valence-electron chi connectivity index (χ4n) is 5.41. The standard InChI is InChI=1S/C26H34ClFN8O/c1-4-35-24-19(15-30-35)23(31-21-8-7-17(27)14-20(21)28)32-26(33-24)34-12-9-18(10-13-34)36(16(2)3)25(37)22-6-5-11-29-22/h7-8,14-16,18,22,29H,4-6,9-13H2,1-3H3,(H,31,32,33). The molecule has 0 radical (unpaired) electrons. The zero-order valence-electron chi connectivity index (χ0n) is 21.5. The molecule has 0 saturated carbocycles. The molecule has 37 heavy (non-hydrogen) atoms. The van der Waals surface area contributed by atoms with Gasteiger partial charge in [0, 0.05) is 36.7 Å². The average Bonchev–Trinajstić information content (AvgIpc) is 3.56. The summed E-state index contributed by atoms with van der Waals surface area (Å²) < 4.78 is 16.4. The summed E-state index contributed by atoms with van der Waals surface area (Å²) in [5.41, 5.74) is 0.975. The van der Waals surface area contributed by atoms with E-state index < -0.39 is 5.82 Å². The Morgan fingerprint density at radius 1 is 1.27 bits per heavy atom. The van der Waals surface area contributed by atoms with Crippen LogP contribution in [0, 0.1) is 5.82 Å². The van der Waals surface area contributed by atoms with Crippen molar-refractivity contribution in [1.29, 1.82) is 0 Å². The number of fused-ring (bicyclic) bond motifs is 1. The number of hydrogen-bond acceptors (Lipinski definition) is 7. The highest BCUT2D eigenvalue weighted by Gasteiger charge is 2.35. The third-order valence-corrected chi connectivity index (χ3v) is 7.51. The van der Waals surface area contributed by atoms with Crippen LogP contribution in [0.5, 0.6) is 0 Å². The van der Waals surface area contributed by atoms with E-state index in [9.17, 15) is 9.18 Å². The van der Waals surface area contributed by atoms with Gasteiger partial charge in [0.1, 0.15) is 11.6 Å². The molecule has 0 spiro atoms. The van der Waals surface area contributed by atoms with Crippen molar-refractivity contribution in [3.05, 3.63) is 35.2 Å². The van der Waals surface area contributed by atoms with Crippen LogP contribution in [0.2, 0.25) is 5.02 Å². The zero-order chi connectivity index (χ0) is 26.1. The molecule has 1 aromatic carbocycles. The van der Waals surface area contributed by atoms with Crippen LogP contribution in [-0.4, -0.2) is 68.3 Å². The highest BCUT2D eigenvalue weighted by Crippen LogP contribution is 2.30. The molecular formula is C26H34ClFN8O. The first-order valence-electron chi connectivity index (χ1n) is 13.1. The molecule has 198 valence electrons. The van der Waals surface area contributed by atoms with E-state index in [0.29, 0.717) is 29.0 Å². The first-order chi connectivity index (χ1) is 17.9. The van der Waals surface area contributed by atoms with Crippen LogP contribution in [0.4, 0.5) is 21.8 Å². The molecule has 0 aliphatic carbocycles. The lowest BCUT2D eigenvalue weighted by molar-refractivity contribution is -0.138. The van der Waals surface area contributed by atoms with Crippen molar-refractivity contribution in [3.8, 4) is 0 Å². The smallest absolute Gasteiger partial charge is 0.240 e. The predicted octanol–water partition coefficient (Wildman–Crippen LogP) is 4.34. The minimum absolute atomic E-state index is 0.0672. The summed E-state index contributed by atoms with van der Waals surface area (Å²) in [4.78, 5) is 27.1. The van der Waals surface area contributed by atoms with Crippen molar-refractivity contribution < 1.29 is 9.18 Å². The summed E-state index contributed by atoms with van der Waals surface area (Å²) in [7, 11) is 0. The number of piperidine rings is 1. The van der Waals surface area contributed by atoms with Gasteiger partial charge in [-0.1, -0.05) is 11.6 Å². The van der Waals surface area contributed by atoms with Gasteiger partial charge in [-0.2, -0.15) is 15.1 Å². The van der Waals surface area contributed by atoms with Crippen molar-refractivity contribution in [2.24, 2.45) is 0 Å². The Morgan fingerprint density at radius 3 is 2.70 bits per heavy atom. The molecule has 2 aromatic heterocycles. The second-order valence-electron chi connectivity index (χ2n) is 10.0. The normalized spacial score (nSPS) is 18.6. The van der Waals surface area contributed by atoms with Gasteiger partial charge in [0.15, 0.2) is 5.65 Å². The van der Waals surface area contributed by atoms with Crippen molar-refractivity contribution in [2.75, 3.05) is 29.9 Å². The summed E-state index contributed by atoms with van der Waals surface area (Å²) in [5.74, 6) is 0.818. The van der Waals surface area contributed by atoms with Gasteiger partial charge < -0.3 is 20.4 Å². The third kappa shape index (κ3) is 5.22. The monoisotopic (exact) mass is 528 g/mol. The lowest BCUT2D eigenvalue weighted by atomic mass is 10.00. The Labute approximate surface area is 221 Å². The van der Waals surface area contributed by atoms with Crippen LogP contribution in [0.15, 0.2) is 24.4 Å². The Kier molecular flexibility index (Phi) is 7.48. The summed E-state index contributed by atoms with van der Waals surface area (Å²) >= 11 is 5.93. The van der Waals surface area contributed by atoms with Gasteiger partial charge in [-0.3, -0.25) is 4.79 Å². The third-order valence-electron chi connectivity index (χ3n) is 7.28. The van der Waals surface area contributed by atoms with Gasteiger partial charge >= 0.3 is 0 Å². The van der Waals surface area contributed by atoms with Crippen LogP contribution in [0.3, 0.4) is 0 Å². The van der Waals surface area contributed by atoms with Gasteiger partial charge in [-0.15, -0.1) is 0 Å². The molecule has 1 unspecified atom stereocenters. The first kappa shape index (κ1) is 25.7. The Balaban J connectivity index is 1.38. The molecule has 2 aliphatic rings. The molecule has 5 rings (SSSR count). The SMILES string of the molecule is CCn1ncc2c(Nc3ccc(Cl)cc3F)nc(N3CCC(N(C(=O)C4CCCN4)C(C)C)CC3)nc21. The fraction of sp³-hybridized carbons (Fsp3) is 0.538. The average molecular weight is 529 g/mol. The minimum atomic E-state index is -0.459. The summed E-state index contributed by atoms with van der Waals surface area (Å²) in [6.07, 6.45) is 5.32. The molecule has 0 bridgehead atoms. The van der Waals surface area contributed by atoms with Crippen LogP contribution >= 0.6 is 11.6 Å². The van der Waals surface area contributed by atoms with Crippen molar-refractivity contribution in [2.45, 2.75) is 71.1 Å². The van der Waals surface area contributed by atoms with E-state index >= 15 is 0 Å².